The summed E-state index contributed by atoms with van der Waals surface area (Å²) < 4.78 is 10.2. The second-order valence-corrected chi connectivity index (χ2v) is 5.37. The number of carbonyl (C=O) groups is 1. The first-order valence-electron chi connectivity index (χ1n) is 7.68. The Kier molecular flexibility index (Phi) is 6.78. The third-order valence-corrected chi connectivity index (χ3v) is 3.51. The van der Waals surface area contributed by atoms with Crippen LogP contribution >= 0.6 is 0 Å². The first kappa shape index (κ1) is 17.2. The zero-order valence-electron chi connectivity index (χ0n) is 13.6. The van der Waals surface area contributed by atoms with Gasteiger partial charge in [-0.15, -0.1) is 0 Å². The number of nitrogens with one attached hydrogen (secondary N) is 1. The van der Waals surface area contributed by atoms with Crippen LogP contribution in [-0.4, -0.2) is 32.8 Å². The molecule has 0 saturated heterocycles. The van der Waals surface area contributed by atoms with Crippen molar-refractivity contribution in [1.82, 2.24) is 5.32 Å². The van der Waals surface area contributed by atoms with E-state index in [1.54, 1.807) is 7.11 Å². The third kappa shape index (κ3) is 5.51. The Morgan fingerprint density at radius 3 is 2.30 bits per heavy atom. The van der Waals surface area contributed by atoms with Gasteiger partial charge < -0.3 is 14.8 Å². The van der Waals surface area contributed by atoms with Crippen molar-refractivity contribution in [3.63, 3.8) is 0 Å². The Hall–Kier alpha value is -2.17. The van der Waals surface area contributed by atoms with Gasteiger partial charge in [0.1, 0.15) is 6.61 Å². The molecule has 0 aromatic heterocycles. The molecule has 23 heavy (non-hydrogen) atoms. The number of methoxy groups -OCH3 is 1. The highest BCUT2D eigenvalue weighted by Gasteiger charge is 2.16. The molecule has 1 atom stereocenters. The Morgan fingerprint density at radius 1 is 1.00 bits per heavy atom. The summed E-state index contributed by atoms with van der Waals surface area (Å²) in [7, 11) is 1.60. The Morgan fingerprint density at radius 2 is 1.65 bits per heavy atom. The number of ether oxygens (including phenoxy) is 2. The SMILES string of the molecule is COCCOCC(=O)NC(c1ccccc1)c1ccc(C)cc1. The van der Waals surface area contributed by atoms with Gasteiger partial charge in [0.05, 0.1) is 19.3 Å². The number of carbonyl (C=O) groups excluding carboxylic acids is 1. The van der Waals surface area contributed by atoms with Crippen molar-refractivity contribution in [3.8, 4) is 0 Å². The molecule has 0 bridgehead atoms. The van der Waals surface area contributed by atoms with E-state index in [0.717, 1.165) is 11.1 Å². The summed E-state index contributed by atoms with van der Waals surface area (Å²) in [6.07, 6.45) is 0. The van der Waals surface area contributed by atoms with E-state index in [9.17, 15) is 4.79 Å². The largest absolute Gasteiger partial charge is 0.382 e. The lowest BCUT2D eigenvalue weighted by atomic mass is 9.98. The molecule has 0 radical (unpaired) electrons. The summed E-state index contributed by atoms with van der Waals surface area (Å²) in [5, 5.41) is 3.04. The lowest BCUT2D eigenvalue weighted by Gasteiger charge is -2.20. The molecule has 2 rings (SSSR count). The standard InChI is InChI=1S/C19H23NO3/c1-15-8-10-17(11-9-15)19(16-6-4-3-5-7-16)20-18(21)14-23-13-12-22-2/h3-11,19H,12-14H2,1-2H3,(H,20,21). The van der Waals surface area contributed by atoms with Gasteiger partial charge in [-0.05, 0) is 18.1 Å². The molecule has 0 aliphatic rings. The smallest absolute Gasteiger partial charge is 0.246 e. The molecule has 2 aromatic carbocycles. The maximum absolute atomic E-state index is 12.2. The molecule has 0 spiro atoms. The van der Waals surface area contributed by atoms with Crippen LogP contribution < -0.4 is 5.32 Å². The normalized spacial score (nSPS) is 11.9. The van der Waals surface area contributed by atoms with Crippen molar-refractivity contribution < 1.29 is 14.3 Å². The molecule has 2 aromatic rings. The minimum atomic E-state index is -0.185. The third-order valence-electron chi connectivity index (χ3n) is 3.51. The van der Waals surface area contributed by atoms with E-state index in [2.05, 4.69) is 5.32 Å². The first-order chi connectivity index (χ1) is 11.2. The fraction of sp³-hybridized carbons (Fsp3) is 0.316. The lowest BCUT2D eigenvalue weighted by molar-refractivity contribution is -0.126. The summed E-state index contributed by atoms with van der Waals surface area (Å²) in [6, 6.07) is 17.9. The summed E-state index contributed by atoms with van der Waals surface area (Å²) in [5.74, 6) is -0.143. The highest BCUT2D eigenvalue weighted by molar-refractivity contribution is 5.78. The van der Waals surface area contributed by atoms with Gasteiger partial charge in [-0.2, -0.15) is 0 Å². The van der Waals surface area contributed by atoms with Crippen molar-refractivity contribution in [1.29, 1.82) is 0 Å². The van der Waals surface area contributed by atoms with Gasteiger partial charge in [0.15, 0.2) is 0 Å². The van der Waals surface area contributed by atoms with Crippen LogP contribution in [-0.2, 0) is 14.3 Å². The van der Waals surface area contributed by atoms with Crippen LogP contribution in [0.1, 0.15) is 22.7 Å². The highest BCUT2D eigenvalue weighted by atomic mass is 16.5. The van der Waals surface area contributed by atoms with Crippen molar-refractivity contribution >= 4 is 5.91 Å². The van der Waals surface area contributed by atoms with Crippen LogP contribution in [0.15, 0.2) is 54.6 Å². The second-order valence-electron chi connectivity index (χ2n) is 5.37. The zero-order valence-corrected chi connectivity index (χ0v) is 13.6. The number of rotatable bonds is 8. The van der Waals surface area contributed by atoms with Gasteiger partial charge in [0.2, 0.25) is 5.91 Å². The molecule has 122 valence electrons. The maximum atomic E-state index is 12.2. The van der Waals surface area contributed by atoms with Crippen molar-refractivity contribution in [3.05, 3.63) is 71.3 Å². The van der Waals surface area contributed by atoms with E-state index in [4.69, 9.17) is 9.47 Å². The van der Waals surface area contributed by atoms with E-state index in [1.807, 2.05) is 61.5 Å². The van der Waals surface area contributed by atoms with Gasteiger partial charge in [0.25, 0.3) is 0 Å². The minimum absolute atomic E-state index is 0.0263. The molecule has 1 unspecified atom stereocenters. The molecule has 0 heterocycles. The van der Waals surface area contributed by atoms with Crippen LogP contribution in [0, 0.1) is 6.92 Å². The van der Waals surface area contributed by atoms with E-state index in [1.165, 1.54) is 5.56 Å². The van der Waals surface area contributed by atoms with Gasteiger partial charge in [0, 0.05) is 7.11 Å². The molecule has 4 nitrogen and oxygen atoms in total. The number of benzene rings is 2. The molecule has 4 heteroatoms. The van der Waals surface area contributed by atoms with Crippen LogP contribution in [0.3, 0.4) is 0 Å². The van der Waals surface area contributed by atoms with Gasteiger partial charge in [-0.1, -0.05) is 60.2 Å². The predicted molar refractivity (Wildman–Crippen MR) is 90.3 cm³/mol. The summed E-state index contributed by atoms with van der Waals surface area (Å²) in [4.78, 5) is 12.2. The second kappa shape index (κ2) is 9.08. The van der Waals surface area contributed by atoms with Crippen LogP contribution in [0.25, 0.3) is 0 Å². The van der Waals surface area contributed by atoms with E-state index in [-0.39, 0.29) is 18.6 Å². The van der Waals surface area contributed by atoms with E-state index >= 15 is 0 Å². The average molecular weight is 313 g/mol. The lowest BCUT2D eigenvalue weighted by Crippen LogP contribution is -2.32. The minimum Gasteiger partial charge on any atom is -0.382 e. The van der Waals surface area contributed by atoms with Crippen molar-refractivity contribution in [2.75, 3.05) is 26.9 Å². The highest BCUT2D eigenvalue weighted by Crippen LogP contribution is 2.22. The van der Waals surface area contributed by atoms with Crippen molar-refractivity contribution in [2.24, 2.45) is 0 Å². The Balaban J connectivity index is 2.08. The molecule has 0 saturated carbocycles. The maximum Gasteiger partial charge on any atom is 0.246 e. The van der Waals surface area contributed by atoms with Gasteiger partial charge in [-0.3, -0.25) is 4.79 Å². The average Bonchev–Trinajstić information content (AvgIpc) is 2.58. The molecular weight excluding hydrogens is 290 g/mol. The first-order valence-corrected chi connectivity index (χ1v) is 7.68. The quantitative estimate of drug-likeness (QED) is 0.762. The molecule has 0 aliphatic carbocycles. The molecule has 1 amide bonds. The number of amides is 1. The molecule has 1 N–H and O–H groups in total. The summed E-state index contributed by atoms with van der Waals surface area (Å²) in [5.41, 5.74) is 3.28. The molecule has 0 aliphatic heterocycles. The van der Waals surface area contributed by atoms with Crippen LogP contribution in [0.2, 0.25) is 0 Å². The zero-order chi connectivity index (χ0) is 16.5. The van der Waals surface area contributed by atoms with Gasteiger partial charge >= 0.3 is 0 Å². The topological polar surface area (TPSA) is 47.6 Å². The summed E-state index contributed by atoms with van der Waals surface area (Å²) in [6.45, 7) is 2.96. The fourth-order valence-corrected chi connectivity index (χ4v) is 2.27. The number of hydrogen-bond donors (Lipinski definition) is 1. The number of hydrogen-bond acceptors (Lipinski definition) is 3. The Labute approximate surface area is 137 Å². The van der Waals surface area contributed by atoms with E-state index in [0.29, 0.717) is 13.2 Å². The summed E-state index contributed by atoms with van der Waals surface area (Å²) >= 11 is 0. The Bertz CT molecular complexity index is 596. The fourth-order valence-electron chi connectivity index (χ4n) is 2.27. The number of aryl methyl sites for hydroxylation is 1. The van der Waals surface area contributed by atoms with Crippen LogP contribution in [0.5, 0.6) is 0 Å². The molecule has 0 fully saturated rings. The predicted octanol–water partition coefficient (Wildman–Crippen LogP) is 2.86. The van der Waals surface area contributed by atoms with Gasteiger partial charge in [-0.25, -0.2) is 0 Å². The van der Waals surface area contributed by atoms with E-state index < -0.39 is 0 Å². The molecular formula is C19H23NO3. The monoisotopic (exact) mass is 313 g/mol. The van der Waals surface area contributed by atoms with Crippen LogP contribution in [0.4, 0.5) is 0 Å². The van der Waals surface area contributed by atoms with Crippen molar-refractivity contribution in [2.45, 2.75) is 13.0 Å².